The van der Waals surface area contributed by atoms with Crippen LogP contribution in [-0.2, 0) is 23.8 Å². The van der Waals surface area contributed by atoms with Crippen LogP contribution in [0.3, 0.4) is 0 Å². The monoisotopic (exact) mass is 683 g/mol. The van der Waals surface area contributed by atoms with Gasteiger partial charge in [0.15, 0.2) is 12.1 Å². The number of fused-ring (bicyclic) bond motifs is 5. The van der Waals surface area contributed by atoms with Crippen molar-refractivity contribution in [2.24, 2.45) is 74.9 Å². The molecule has 4 fully saturated rings. The summed E-state index contributed by atoms with van der Waals surface area (Å²) in [6, 6.07) is 0. The van der Waals surface area contributed by atoms with Crippen molar-refractivity contribution in [3.05, 3.63) is 11.6 Å². The van der Waals surface area contributed by atoms with Crippen molar-refractivity contribution >= 4 is 11.8 Å². The number of carbonyl (C=O) groups excluding carboxylic acids is 2. The molecule has 0 radical (unpaired) electrons. The molecule has 5 heteroatoms. The van der Waals surface area contributed by atoms with Gasteiger partial charge in [-0.25, -0.2) is 0 Å². The molecule has 4 aliphatic carbocycles. The van der Waals surface area contributed by atoms with E-state index in [9.17, 15) is 9.59 Å². The van der Waals surface area contributed by atoms with Gasteiger partial charge in [-0.1, -0.05) is 88.7 Å². The number of esters is 1. The van der Waals surface area contributed by atoms with Gasteiger partial charge in [-0.15, -0.1) is 0 Å². The summed E-state index contributed by atoms with van der Waals surface area (Å²) in [4.78, 5) is 26.2. The van der Waals surface area contributed by atoms with Crippen LogP contribution in [0.25, 0.3) is 0 Å². The molecule has 0 bridgehead atoms. The Labute approximate surface area is 300 Å². The van der Waals surface area contributed by atoms with Crippen molar-refractivity contribution < 1.29 is 23.8 Å². The van der Waals surface area contributed by atoms with Gasteiger partial charge in [-0.05, 0) is 134 Å². The molecule has 1 heterocycles. The van der Waals surface area contributed by atoms with E-state index in [0.717, 1.165) is 44.9 Å². The third-order valence-electron chi connectivity index (χ3n) is 17.2. The van der Waals surface area contributed by atoms with E-state index in [2.05, 4.69) is 89.2 Å². The largest absolute Gasteiger partial charge is 0.460 e. The van der Waals surface area contributed by atoms with Crippen LogP contribution in [0, 0.1) is 74.9 Å². The van der Waals surface area contributed by atoms with Crippen LogP contribution in [0.4, 0.5) is 0 Å². The number of allylic oxidation sites excluding steroid dienone is 2. The predicted molar refractivity (Wildman–Crippen MR) is 199 cm³/mol. The Morgan fingerprint density at radius 3 is 2.20 bits per heavy atom. The predicted octanol–water partition coefficient (Wildman–Crippen LogP) is 10.8. The first-order valence-electron chi connectivity index (χ1n) is 20.3. The zero-order valence-electron chi connectivity index (χ0n) is 34.2. The first kappa shape index (κ1) is 39.0. The standard InChI is InChI=1S/C44H74O5/c1-16-36-28(5)27(4)29(6)39(47-36)48-38(19-20-40(9,10)49-31(8)45)41(11,12)37-18-22-42(13)33-24-35(46)34-23-25(2)26(3)30(7)44(34,15)32(33)17-21-43(37,42)14/h24-30,32,34,36-39H,16-23H2,1-15H3/t25-,26-,27?,28?,29?,30-,32?,34+,36?,37-,38-,39?,42+,43-,44-/m1/s1. The zero-order chi connectivity index (χ0) is 36.6. The Balaban J connectivity index is 1.49. The quantitative estimate of drug-likeness (QED) is 0.227. The molecule has 1 aliphatic heterocycles. The second-order valence-corrected chi connectivity index (χ2v) is 20.1. The average Bonchev–Trinajstić information content (AvgIpc) is 3.30. The van der Waals surface area contributed by atoms with E-state index in [-0.39, 0.29) is 58.0 Å². The Bertz CT molecular complexity index is 1280. The van der Waals surface area contributed by atoms with Crippen molar-refractivity contribution in [1.29, 1.82) is 0 Å². The van der Waals surface area contributed by atoms with Gasteiger partial charge < -0.3 is 14.2 Å². The van der Waals surface area contributed by atoms with Gasteiger partial charge in [0, 0.05) is 18.8 Å². The smallest absolute Gasteiger partial charge is 0.303 e. The number of ether oxygens (including phenoxy) is 3. The highest BCUT2D eigenvalue weighted by Crippen LogP contribution is 2.74. The van der Waals surface area contributed by atoms with Gasteiger partial charge >= 0.3 is 5.97 Å². The van der Waals surface area contributed by atoms with Gasteiger partial charge in [-0.2, -0.15) is 0 Å². The fraction of sp³-hybridized carbons (Fsp3) is 0.909. The first-order chi connectivity index (χ1) is 22.6. The highest BCUT2D eigenvalue weighted by atomic mass is 16.7. The third-order valence-corrected chi connectivity index (χ3v) is 17.2. The Hall–Kier alpha value is -1.20. The SMILES string of the molecule is CCC1OC(O[C@H](CCC(C)(C)OC(C)=O)C(C)(C)[C@H]2CC[C@@]3(C)C4=CC(=O)[C@@H]5C[C@@H](C)[C@@H](C)[C@@H](C)[C@]5(C)C4CC[C@]23C)C(C)C(C)C1C. The summed E-state index contributed by atoms with van der Waals surface area (Å²) < 4.78 is 19.9. The van der Waals surface area contributed by atoms with Gasteiger partial charge in [0.25, 0.3) is 0 Å². The lowest BCUT2D eigenvalue weighted by molar-refractivity contribution is -0.283. The molecule has 5 rings (SSSR count). The second-order valence-electron chi connectivity index (χ2n) is 20.1. The molecule has 6 unspecified atom stereocenters. The van der Waals surface area contributed by atoms with Crippen LogP contribution >= 0.6 is 0 Å². The number of hydrogen-bond acceptors (Lipinski definition) is 5. The molecule has 5 nitrogen and oxygen atoms in total. The average molecular weight is 683 g/mol. The molecule has 0 N–H and O–H groups in total. The lowest BCUT2D eigenvalue weighted by Gasteiger charge is -2.64. The molecule has 0 aromatic rings. The third kappa shape index (κ3) is 6.23. The summed E-state index contributed by atoms with van der Waals surface area (Å²) in [6.45, 7) is 34.5. The number of hydrogen-bond donors (Lipinski definition) is 0. The summed E-state index contributed by atoms with van der Waals surface area (Å²) in [6.07, 6.45) is 10.2. The minimum absolute atomic E-state index is 0.0249. The van der Waals surface area contributed by atoms with Crippen LogP contribution in [0.15, 0.2) is 11.6 Å². The van der Waals surface area contributed by atoms with Gasteiger partial charge in [-0.3, -0.25) is 9.59 Å². The second kappa shape index (κ2) is 13.3. The minimum atomic E-state index is -0.576. The maximum atomic E-state index is 14.2. The summed E-state index contributed by atoms with van der Waals surface area (Å²) in [7, 11) is 0. The highest BCUT2D eigenvalue weighted by molar-refractivity contribution is 5.94. The molecule has 0 amide bonds. The Kier molecular flexibility index (Phi) is 10.6. The number of ketones is 1. The lowest BCUT2D eigenvalue weighted by atomic mass is 9.40. The van der Waals surface area contributed by atoms with E-state index in [1.54, 1.807) is 0 Å². The molecule has 15 atom stereocenters. The van der Waals surface area contributed by atoms with Crippen LogP contribution in [-0.4, -0.2) is 35.9 Å². The molecule has 49 heavy (non-hydrogen) atoms. The minimum Gasteiger partial charge on any atom is -0.460 e. The van der Waals surface area contributed by atoms with Crippen LogP contribution < -0.4 is 0 Å². The van der Waals surface area contributed by atoms with Crippen molar-refractivity contribution in [2.75, 3.05) is 0 Å². The van der Waals surface area contributed by atoms with E-state index in [4.69, 9.17) is 14.2 Å². The van der Waals surface area contributed by atoms with Crippen molar-refractivity contribution in [3.8, 4) is 0 Å². The zero-order valence-corrected chi connectivity index (χ0v) is 34.2. The Morgan fingerprint density at radius 1 is 0.939 bits per heavy atom. The maximum absolute atomic E-state index is 14.2. The number of carbonyl (C=O) groups is 2. The lowest BCUT2D eigenvalue weighted by Crippen LogP contribution is -2.59. The molecule has 1 saturated heterocycles. The van der Waals surface area contributed by atoms with Crippen LogP contribution in [0.1, 0.15) is 155 Å². The fourth-order valence-corrected chi connectivity index (χ4v) is 12.9. The molecular weight excluding hydrogens is 608 g/mol. The van der Waals surface area contributed by atoms with E-state index in [1.807, 2.05) is 13.8 Å². The topological polar surface area (TPSA) is 61.8 Å². The summed E-state index contributed by atoms with van der Waals surface area (Å²) in [5.74, 6) is 4.21. The Morgan fingerprint density at radius 2 is 1.59 bits per heavy atom. The van der Waals surface area contributed by atoms with Gasteiger partial charge in [0.1, 0.15) is 5.60 Å². The van der Waals surface area contributed by atoms with E-state index < -0.39 is 5.60 Å². The molecule has 3 saturated carbocycles. The molecule has 0 spiro atoms. The van der Waals surface area contributed by atoms with Gasteiger partial charge in [0.05, 0.1) is 12.2 Å². The highest BCUT2D eigenvalue weighted by Gasteiger charge is 2.68. The van der Waals surface area contributed by atoms with E-state index in [1.165, 1.54) is 18.9 Å². The molecule has 0 aromatic carbocycles. The van der Waals surface area contributed by atoms with Crippen LogP contribution in [0.5, 0.6) is 0 Å². The fourth-order valence-electron chi connectivity index (χ4n) is 12.9. The molecular formula is C44H74O5. The van der Waals surface area contributed by atoms with Gasteiger partial charge in [0.2, 0.25) is 0 Å². The summed E-state index contributed by atoms with van der Waals surface area (Å²) in [5, 5.41) is 0. The molecule has 280 valence electrons. The van der Waals surface area contributed by atoms with Crippen LogP contribution in [0.2, 0.25) is 0 Å². The first-order valence-corrected chi connectivity index (χ1v) is 20.3. The summed E-state index contributed by atoms with van der Waals surface area (Å²) >= 11 is 0. The van der Waals surface area contributed by atoms with E-state index >= 15 is 0 Å². The van der Waals surface area contributed by atoms with Crippen molar-refractivity contribution in [3.63, 3.8) is 0 Å². The normalized spacial score (nSPS) is 46.3. The summed E-state index contributed by atoms with van der Waals surface area (Å²) in [5.41, 5.74) is 0.767. The maximum Gasteiger partial charge on any atom is 0.303 e. The molecule has 5 aliphatic rings. The van der Waals surface area contributed by atoms with E-state index in [0.29, 0.717) is 47.2 Å². The number of rotatable bonds is 9. The molecule has 0 aromatic heterocycles. The van der Waals surface area contributed by atoms with Crippen molar-refractivity contribution in [1.82, 2.24) is 0 Å². The van der Waals surface area contributed by atoms with Crippen molar-refractivity contribution in [2.45, 2.75) is 179 Å².